The fraction of sp³-hybridized carbons (Fsp3) is 0.500. The van der Waals surface area contributed by atoms with Crippen LogP contribution in [0.15, 0.2) is 23.0 Å². The molecule has 0 fully saturated rings. The van der Waals surface area contributed by atoms with E-state index in [1.54, 1.807) is 6.92 Å². The lowest BCUT2D eigenvalue weighted by atomic mass is 10.1. The molecule has 62 valence electrons. The summed E-state index contributed by atoms with van der Waals surface area (Å²) in [6.07, 6.45) is 0.869. The van der Waals surface area contributed by atoms with E-state index in [4.69, 9.17) is 0 Å². The average Bonchev–Trinajstić information content (AvgIpc) is 2.00. The molecule has 0 amide bonds. The molecule has 0 bridgehead atoms. The first-order valence-corrected chi connectivity index (χ1v) is 4.68. The van der Waals surface area contributed by atoms with Gasteiger partial charge >= 0.3 is 8.03 Å². The maximum Gasteiger partial charge on any atom is 0.348 e. The van der Waals surface area contributed by atoms with Gasteiger partial charge in [-0.25, -0.2) is 0 Å². The topological polar surface area (TPSA) is 40.1 Å². The van der Waals surface area contributed by atoms with Crippen LogP contribution in [0.2, 0.25) is 0 Å². The van der Waals surface area contributed by atoms with E-state index in [9.17, 15) is 9.46 Å². The first kappa shape index (κ1) is 10.5. The quantitative estimate of drug-likeness (QED) is 0.484. The molecule has 0 aromatic carbocycles. The normalized spacial score (nSPS) is 14.0. The molecule has 0 saturated heterocycles. The van der Waals surface area contributed by atoms with Gasteiger partial charge in [0.1, 0.15) is 0 Å². The van der Waals surface area contributed by atoms with Gasteiger partial charge in [0, 0.05) is 5.57 Å². The maximum absolute atomic E-state index is 10.5. The van der Waals surface area contributed by atoms with E-state index in [0.29, 0.717) is 0 Å². The van der Waals surface area contributed by atoms with Crippen LogP contribution in [-0.4, -0.2) is 0 Å². The third-order valence-electron chi connectivity index (χ3n) is 1.82. The summed E-state index contributed by atoms with van der Waals surface area (Å²) < 4.78 is 10.5. The lowest BCUT2D eigenvalue weighted by Crippen LogP contribution is -1.92. The second-order valence-corrected chi connectivity index (χ2v) is 3.52. The van der Waals surface area contributed by atoms with Crippen LogP contribution in [0.25, 0.3) is 0 Å². The number of allylic oxidation sites excluding steroid dienone is 3. The summed E-state index contributed by atoms with van der Waals surface area (Å²) in [4.78, 5) is 10.5. The summed E-state index contributed by atoms with van der Waals surface area (Å²) in [6, 6.07) is 0. The molecule has 0 aliphatic carbocycles. The minimum Gasteiger partial charge on any atom is -0.591 e. The van der Waals surface area contributed by atoms with Crippen LogP contribution >= 0.6 is 8.03 Å². The fourth-order valence-electron chi connectivity index (χ4n) is 0.648. The molecule has 0 aromatic heterocycles. The van der Waals surface area contributed by atoms with Crippen LogP contribution in [0.5, 0.6) is 0 Å². The molecule has 1 atom stereocenters. The van der Waals surface area contributed by atoms with E-state index in [2.05, 4.69) is 6.58 Å². The van der Waals surface area contributed by atoms with Gasteiger partial charge in [-0.2, -0.15) is 0 Å². The molecule has 0 radical (unpaired) electrons. The molecule has 0 saturated carbocycles. The van der Waals surface area contributed by atoms with Crippen molar-refractivity contribution in [3.8, 4) is 0 Å². The van der Waals surface area contributed by atoms with Crippen molar-refractivity contribution in [2.75, 3.05) is 0 Å². The Bertz CT molecular complexity index is 216. The number of hydrogen-bond donors (Lipinski definition) is 0. The Hall–Kier alpha value is -0.460. The third kappa shape index (κ3) is 2.96. The van der Waals surface area contributed by atoms with Gasteiger partial charge in [0.05, 0.1) is 0 Å². The zero-order valence-corrected chi connectivity index (χ0v) is 8.07. The number of rotatable bonds is 3. The highest BCUT2D eigenvalue weighted by Crippen LogP contribution is 2.30. The van der Waals surface area contributed by atoms with E-state index in [1.165, 1.54) is 0 Å². The van der Waals surface area contributed by atoms with Gasteiger partial charge in [-0.05, 0) is 26.8 Å². The van der Waals surface area contributed by atoms with Gasteiger partial charge in [0.15, 0.2) is 5.31 Å². The Morgan fingerprint density at radius 1 is 1.55 bits per heavy atom. The van der Waals surface area contributed by atoms with Crippen molar-refractivity contribution in [3.63, 3.8) is 0 Å². The molecule has 3 heteroatoms. The van der Waals surface area contributed by atoms with Crippen molar-refractivity contribution >= 4 is 8.03 Å². The summed E-state index contributed by atoms with van der Waals surface area (Å²) in [5.41, 5.74) is 1.87. The molecule has 0 heterocycles. The molecule has 0 N–H and O–H groups in total. The Labute approximate surface area is 68.5 Å². The Kier molecular flexibility index (Phi) is 4.24. The summed E-state index contributed by atoms with van der Waals surface area (Å²) in [7, 11) is -2.49. The van der Waals surface area contributed by atoms with E-state index < -0.39 is 8.03 Å². The van der Waals surface area contributed by atoms with Crippen LogP contribution in [-0.2, 0) is 4.57 Å². The fourth-order valence-corrected chi connectivity index (χ4v) is 1.11. The first-order valence-electron chi connectivity index (χ1n) is 3.50. The van der Waals surface area contributed by atoms with E-state index in [0.717, 1.165) is 17.6 Å². The molecule has 0 aromatic rings. The molecular weight excluding hydrogens is 159 g/mol. The van der Waals surface area contributed by atoms with Crippen molar-refractivity contribution < 1.29 is 9.46 Å². The van der Waals surface area contributed by atoms with Gasteiger partial charge in [-0.3, -0.25) is 0 Å². The lowest BCUT2D eigenvalue weighted by Gasteiger charge is -2.00. The number of hydrogen-bond acceptors (Lipinski definition) is 2. The van der Waals surface area contributed by atoms with Crippen molar-refractivity contribution in [1.82, 2.24) is 0 Å². The minimum absolute atomic E-state index is 0.236. The summed E-state index contributed by atoms with van der Waals surface area (Å²) >= 11 is 0. The molecule has 11 heavy (non-hydrogen) atoms. The van der Waals surface area contributed by atoms with Gasteiger partial charge in [0.2, 0.25) is 0 Å². The molecule has 1 unspecified atom stereocenters. The first-order chi connectivity index (χ1) is 5.00. The maximum atomic E-state index is 10.5. The van der Waals surface area contributed by atoms with Crippen LogP contribution in [0, 0.1) is 0 Å². The highest BCUT2D eigenvalue weighted by atomic mass is 31.1. The minimum atomic E-state index is -2.49. The second-order valence-electron chi connectivity index (χ2n) is 2.46. The third-order valence-corrected chi connectivity index (χ3v) is 2.60. The van der Waals surface area contributed by atoms with Crippen LogP contribution in [0.3, 0.4) is 0 Å². The highest BCUT2D eigenvalue weighted by molar-refractivity contribution is 7.42. The largest absolute Gasteiger partial charge is 0.591 e. The predicted octanol–water partition coefficient (Wildman–Crippen LogP) is 2.35. The summed E-state index contributed by atoms with van der Waals surface area (Å²) in [5.74, 6) is 0. The Morgan fingerprint density at radius 3 is 2.27 bits per heavy atom. The SMILES string of the molecule is C=C(C(C)=C(C)CC)[P+](=O)[O-]. The molecule has 0 rings (SSSR count). The molecule has 0 aliphatic heterocycles. The zero-order valence-electron chi connectivity index (χ0n) is 7.18. The smallest absolute Gasteiger partial charge is 0.348 e. The van der Waals surface area contributed by atoms with Gasteiger partial charge < -0.3 is 4.89 Å². The van der Waals surface area contributed by atoms with Gasteiger partial charge in [0.25, 0.3) is 0 Å². The standard InChI is InChI=1S/C8H13O2P/c1-5-6(2)7(3)8(4)11(9)10/h4-5H2,1-3H3. The van der Waals surface area contributed by atoms with Crippen molar-refractivity contribution in [1.29, 1.82) is 0 Å². The van der Waals surface area contributed by atoms with Crippen molar-refractivity contribution in [2.24, 2.45) is 0 Å². The molecule has 2 nitrogen and oxygen atoms in total. The Morgan fingerprint density at radius 2 is 2.00 bits per heavy atom. The lowest BCUT2D eigenvalue weighted by molar-refractivity contribution is -0.161. The molecule has 0 aliphatic rings. The zero-order chi connectivity index (χ0) is 9.02. The van der Waals surface area contributed by atoms with Crippen molar-refractivity contribution in [2.45, 2.75) is 27.2 Å². The summed E-state index contributed by atoms with van der Waals surface area (Å²) in [5, 5.41) is 0.236. The highest BCUT2D eigenvalue weighted by Gasteiger charge is 2.12. The van der Waals surface area contributed by atoms with Crippen LogP contribution < -0.4 is 4.89 Å². The van der Waals surface area contributed by atoms with Gasteiger partial charge in [-0.1, -0.05) is 17.1 Å². The molecule has 0 spiro atoms. The van der Waals surface area contributed by atoms with Crippen molar-refractivity contribution in [3.05, 3.63) is 23.0 Å². The monoisotopic (exact) mass is 172 g/mol. The predicted molar refractivity (Wildman–Crippen MR) is 45.4 cm³/mol. The van der Waals surface area contributed by atoms with Gasteiger partial charge in [-0.15, -0.1) is 0 Å². The van der Waals surface area contributed by atoms with Crippen LogP contribution in [0.1, 0.15) is 27.2 Å². The van der Waals surface area contributed by atoms with Crippen LogP contribution in [0.4, 0.5) is 0 Å². The van der Waals surface area contributed by atoms with E-state index >= 15 is 0 Å². The Balaban J connectivity index is 4.61. The molecular formula is C8H13O2P. The summed E-state index contributed by atoms with van der Waals surface area (Å²) in [6.45, 7) is 9.16. The van der Waals surface area contributed by atoms with E-state index in [-0.39, 0.29) is 5.31 Å². The average molecular weight is 172 g/mol. The van der Waals surface area contributed by atoms with E-state index in [1.807, 2.05) is 13.8 Å². The second kappa shape index (κ2) is 4.42.